The van der Waals surface area contributed by atoms with Crippen LogP contribution in [0.4, 0.5) is 0 Å². The lowest BCUT2D eigenvalue weighted by Gasteiger charge is -2.10. The molecule has 120 valence electrons. The van der Waals surface area contributed by atoms with E-state index in [0.29, 0.717) is 22.9 Å². The van der Waals surface area contributed by atoms with Crippen molar-refractivity contribution in [1.29, 1.82) is 0 Å². The van der Waals surface area contributed by atoms with Gasteiger partial charge in [-0.1, -0.05) is 41.4 Å². The van der Waals surface area contributed by atoms with Gasteiger partial charge < -0.3 is 9.84 Å². The molecule has 0 aromatic heterocycles. The van der Waals surface area contributed by atoms with Crippen LogP contribution in [0.25, 0.3) is 11.6 Å². The molecular formula is C19H19ClO3. The first-order valence-corrected chi connectivity index (χ1v) is 7.75. The number of halogens is 1. The summed E-state index contributed by atoms with van der Waals surface area (Å²) in [4.78, 5) is 11.7. The Kier molecular flexibility index (Phi) is 5.45. The van der Waals surface area contributed by atoms with E-state index in [2.05, 4.69) is 0 Å². The predicted molar refractivity (Wildman–Crippen MR) is 94.0 cm³/mol. The fraction of sp³-hybridized carbons (Fsp3) is 0.211. The standard InChI is InChI=1S/C19H19ClO3/c1-4-23-18-8-7-14(11-17(18)20)10-16(19(21)22)15-9-12(2)5-6-13(15)3/h5-11H,4H2,1-3H3,(H,21,22)/b16-10-. The number of aryl methyl sites for hydroxylation is 2. The van der Waals surface area contributed by atoms with Crippen LogP contribution in [0.1, 0.15) is 29.2 Å². The number of ether oxygens (including phenoxy) is 1. The highest BCUT2D eigenvalue weighted by molar-refractivity contribution is 6.32. The lowest BCUT2D eigenvalue weighted by Crippen LogP contribution is -2.02. The summed E-state index contributed by atoms with van der Waals surface area (Å²) in [5.74, 6) is -0.376. The first-order chi connectivity index (χ1) is 10.9. The smallest absolute Gasteiger partial charge is 0.336 e. The second-order valence-corrected chi connectivity index (χ2v) is 5.71. The van der Waals surface area contributed by atoms with Crippen molar-refractivity contribution in [2.24, 2.45) is 0 Å². The quantitative estimate of drug-likeness (QED) is 0.621. The van der Waals surface area contributed by atoms with E-state index in [9.17, 15) is 9.90 Å². The van der Waals surface area contributed by atoms with E-state index in [-0.39, 0.29) is 5.57 Å². The molecule has 0 saturated heterocycles. The highest BCUT2D eigenvalue weighted by atomic mass is 35.5. The van der Waals surface area contributed by atoms with Gasteiger partial charge in [-0.3, -0.25) is 0 Å². The molecule has 2 aromatic rings. The maximum absolute atomic E-state index is 11.7. The highest BCUT2D eigenvalue weighted by Gasteiger charge is 2.14. The van der Waals surface area contributed by atoms with Gasteiger partial charge in [0.25, 0.3) is 0 Å². The van der Waals surface area contributed by atoms with Crippen LogP contribution >= 0.6 is 11.6 Å². The van der Waals surface area contributed by atoms with Crippen LogP contribution in [0.15, 0.2) is 36.4 Å². The van der Waals surface area contributed by atoms with E-state index in [1.165, 1.54) is 0 Å². The molecule has 0 atom stereocenters. The van der Waals surface area contributed by atoms with Crippen molar-refractivity contribution in [3.05, 3.63) is 63.7 Å². The molecule has 2 rings (SSSR count). The molecule has 0 saturated carbocycles. The van der Waals surface area contributed by atoms with Crippen molar-refractivity contribution in [1.82, 2.24) is 0 Å². The average Bonchev–Trinajstić information content (AvgIpc) is 2.50. The topological polar surface area (TPSA) is 46.5 Å². The molecule has 4 heteroatoms. The van der Waals surface area contributed by atoms with Crippen LogP contribution in [0, 0.1) is 13.8 Å². The van der Waals surface area contributed by atoms with Gasteiger partial charge in [0.2, 0.25) is 0 Å². The van der Waals surface area contributed by atoms with E-state index in [1.807, 2.05) is 39.0 Å². The lowest BCUT2D eigenvalue weighted by atomic mass is 9.96. The molecule has 0 aliphatic rings. The molecule has 0 heterocycles. The van der Waals surface area contributed by atoms with Gasteiger partial charge in [-0.25, -0.2) is 4.79 Å². The third kappa shape index (κ3) is 4.14. The molecule has 0 aliphatic carbocycles. The zero-order chi connectivity index (χ0) is 17.0. The van der Waals surface area contributed by atoms with Crippen LogP contribution in [-0.4, -0.2) is 17.7 Å². The first kappa shape index (κ1) is 17.1. The summed E-state index contributed by atoms with van der Waals surface area (Å²) in [6.07, 6.45) is 1.63. The van der Waals surface area contributed by atoms with Crippen molar-refractivity contribution in [2.75, 3.05) is 6.61 Å². The van der Waals surface area contributed by atoms with Crippen LogP contribution < -0.4 is 4.74 Å². The number of carboxylic acid groups (broad SMARTS) is 1. The van der Waals surface area contributed by atoms with Crippen molar-refractivity contribution >= 4 is 29.2 Å². The highest BCUT2D eigenvalue weighted by Crippen LogP contribution is 2.28. The third-order valence-electron chi connectivity index (χ3n) is 3.48. The SMILES string of the molecule is CCOc1ccc(/C=C(\C(=O)O)c2cc(C)ccc2C)cc1Cl. The van der Waals surface area contributed by atoms with E-state index in [1.54, 1.807) is 24.3 Å². The number of rotatable bonds is 5. The summed E-state index contributed by atoms with van der Waals surface area (Å²) in [7, 11) is 0. The summed E-state index contributed by atoms with van der Waals surface area (Å²) < 4.78 is 5.39. The van der Waals surface area contributed by atoms with Crippen LogP contribution in [0.3, 0.4) is 0 Å². The number of benzene rings is 2. The second kappa shape index (κ2) is 7.34. The number of hydrogen-bond donors (Lipinski definition) is 1. The zero-order valence-electron chi connectivity index (χ0n) is 13.4. The van der Waals surface area contributed by atoms with Gasteiger partial charge in [0.15, 0.2) is 0 Å². The number of hydrogen-bond acceptors (Lipinski definition) is 2. The fourth-order valence-electron chi connectivity index (χ4n) is 2.33. The molecule has 23 heavy (non-hydrogen) atoms. The van der Waals surface area contributed by atoms with Crippen molar-refractivity contribution in [3.63, 3.8) is 0 Å². The first-order valence-electron chi connectivity index (χ1n) is 7.37. The molecule has 0 spiro atoms. The minimum atomic E-state index is -0.969. The number of carbonyl (C=O) groups is 1. The maximum Gasteiger partial charge on any atom is 0.336 e. The summed E-state index contributed by atoms with van der Waals surface area (Å²) >= 11 is 6.17. The van der Waals surface area contributed by atoms with Gasteiger partial charge in [0.05, 0.1) is 17.2 Å². The molecule has 0 amide bonds. The van der Waals surface area contributed by atoms with E-state index < -0.39 is 5.97 Å². The molecule has 0 bridgehead atoms. The van der Waals surface area contributed by atoms with E-state index in [4.69, 9.17) is 16.3 Å². The average molecular weight is 331 g/mol. The van der Waals surface area contributed by atoms with E-state index >= 15 is 0 Å². The van der Waals surface area contributed by atoms with Gasteiger partial charge >= 0.3 is 5.97 Å². The monoisotopic (exact) mass is 330 g/mol. The third-order valence-corrected chi connectivity index (χ3v) is 3.78. The van der Waals surface area contributed by atoms with Gasteiger partial charge in [-0.05, 0) is 55.7 Å². The molecular weight excluding hydrogens is 312 g/mol. The van der Waals surface area contributed by atoms with Gasteiger partial charge in [0, 0.05) is 0 Å². The molecule has 0 fully saturated rings. The molecule has 0 radical (unpaired) electrons. The number of aliphatic carboxylic acids is 1. The molecule has 0 aliphatic heterocycles. The Hall–Kier alpha value is -2.26. The Bertz CT molecular complexity index is 763. The van der Waals surface area contributed by atoms with Crippen molar-refractivity contribution < 1.29 is 14.6 Å². The summed E-state index contributed by atoms with van der Waals surface area (Å²) in [6.45, 7) is 6.25. The van der Waals surface area contributed by atoms with Crippen molar-refractivity contribution in [2.45, 2.75) is 20.8 Å². The minimum Gasteiger partial charge on any atom is -0.492 e. The van der Waals surface area contributed by atoms with Gasteiger partial charge in [0.1, 0.15) is 5.75 Å². The Labute approximate surface area is 141 Å². The summed E-state index contributed by atoms with van der Waals surface area (Å²) in [6, 6.07) is 11.0. The molecule has 1 N–H and O–H groups in total. The normalized spacial score (nSPS) is 11.4. The Morgan fingerprint density at radius 3 is 2.57 bits per heavy atom. The van der Waals surface area contributed by atoms with Crippen LogP contribution in [0.5, 0.6) is 5.75 Å². The minimum absolute atomic E-state index is 0.242. The van der Waals surface area contributed by atoms with E-state index in [0.717, 1.165) is 16.7 Å². The summed E-state index contributed by atoms with van der Waals surface area (Å²) in [5.41, 5.74) is 3.61. The van der Waals surface area contributed by atoms with Crippen molar-refractivity contribution in [3.8, 4) is 5.75 Å². The fourth-order valence-corrected chi connectivity index (χ4v) is 2.57. The predicted octanol–water partition coefficient (Wildman–Crippen LogP) is 4.98. The molecule has 2 aromatic carbocycles. The molecule has 0 unspecified atom stereocenters. The Balaban J connectivity index is 2.49. The largest absolute Gasteiger partial charge is 0.492 e. The Morgan fingerprint density at radius 2 is 1.96 bits per heavy atom. The number of carboxylic acids is 1. The van der Waals surface area contributed by atoms with Crippen LogP contribution in [0.2, 0.25) is 5.02 Å². The van der Waals surface area contributed by atoms with Gasteiger partial charge in [-0.15, -0.1) is 0 Å². The Morgan fingerprint density at radius 1 is 1.22 bits per heavy atom. The zero-order valence-corrected chi connectivity index (χ0v) is 14.1. The summed E-state index contributed by atoms with van der Waals surface area (Å²) in [5, 5.41) is 10.0. The van der Waals surface area contributed by atoms with Crippen LogP contribution in [-0.2, 0) is 4.79 Å². The lowest BCUT2D eigenvalue weighted by molar-refractivity contribution is -0.130. The second-order valence-electron chi connectivity index (χ2n) is 5.30. The molecule has 3 nitrogen and oxygen atoms in total. The maximum atomic E-state index is 11.7. The van der Waals surface area contributed by atoms with Gasteiger partial charge in [-0.2, -0.15) is 0 Å².